The lowest BCUT2D eigenvalue weighted by Gasteiger charge is -2.33. The van der Waals surface area contributed by atoms with Crippen LogP contribution in [0.25, 0.3) is 0 Å². The average molecular weight is 304 g/mol. The Balaban J connectivity index is 3.05. The van der Waals surface area contributed by atoms with Crippen molar-refractivity contribution >= 4 is 34.9 Å². The number of aliphatic carboxylic acids is 1. The molecule has 0 fully saturated rings. The fourth-order valence-corrected chi connectivity index (χ4v) is 3.08. The molecule has 0 saturated heterocycles. The zero-order valence-corrected chi connectivity index (χ0v) is 12.3. The predicted octanol–water partition coefficient (Wildman–Crippen LogP) is 3.63. The first kappa shape index (κ1) is 16.1. The van der Waals surface area contributed by atoms with Crippen LogP contribution in [0.4, 0.5) is 5.69 Å². The fraction of sp³-hybridized carbons (Fsp3) is 0.500. The molecule has 0 unspecified atom stereocenters. The van der Waals surface area contributed by atoms with Crippen LogP contribution in [0.15, 0.2) is 24.3 Å². The summed E-state index contributed by atoms with van der Waals surface area (Å²) in [5, 5.41) is 8.92. The van der Waals surface area contributed by atoms with Gasteiger partial charge in [0.15, 0.2) is 0 Å². The van der Waals surface area contributed by atoms with E-state index in [1.165, 1.54) is 0 Å². The molecule has 5 heteroatoms. The Morgan fingerprint density at radius 1 is 1.11 bits per heavy atom. The Kier molecular flexibility index (Phi) is 6.46. The van der Waals surface area contributed by atoms with Gasteiger partial charge in [-0.1, -0.05) is 12.1 Å². The van der Waals surface area contributed by atoms with E-state index >= 15 is 0 Å². The summed E-state index contributed by atoms with van der Waals surface area (Å²) in [5.41, 5.74) is 7.16. The molecule has 0 amide bonds. The van der Waals surface area contributed by atoms with Crippen molar-refractivity contribution in [1.82, 2.24) is 0 Å². The van der Waals surface area contributed by atoms with Gasteiger partial charge in [-0.3, -0.25) is 4.79 Å². The topological polar surface area (TPSA) is 63.3 Å². The highest BCUT2D eigenvalue weighted by Crippen LogP contribution is 2.37. The van der Waals surface area contributed by atoms with E-state index < -0.39 is 5.97 Å². The van der Waals surface area contributed by atoms with E-state index in [1.807, 2.05) is 24.3 Å². The number of nitrogen functional groups attached to an aromatic ring is 1. The van der Waals surface area contributed by atoms with Crippen LogP contribution in [0.5, 0.6) is 0 Å². The minimum atomic E-state index is -0.802. The highest BCUT2D eigenvalue weighted by atomic mass is 35.5. The van der Waals surface area contributed by atoms with Gasteiger partial charge in [0.1, 0.15) is 0 Å². The third-order valence-electron chi connectivity index (χ3n) is 3.49. The molecule has 0 aliphatic heterocycles. The van der Waals surface area contributed by atoms with Crippen molar-refractivity contribution in [3.63, 3.8) is 0 Å². The Bertz CT molecular complexity index is 400. The number of rotatable bonds is 8. The van der Waals surface area contributed by atoms with Crippen molar-refractivity contribution in [2.45, 2.75) is 31.1 Å². The highest BCUT2D eigenvalue weighted by molar-refractivity contribution is 6.18. The van der Waals surface area contributed by atoms with E-state index in [0.29, 0.717) is 36.7 Å². The molecule has 19 heavy (non-hydrogen) atoms. The largest absolute Gasteiger partial charge is 0.481 e. The minimum absolute atomic E-state index is 0.109. The second kappa shape index (κ2) is 7.61. The van der Waals surface area contributed by atoms with Gasteiger partial charge in [-0.2, -0.15) is 0 Å². The SMILES string of the molecule is Nc1ccc(C(CCCl)(CCCl)CCC(=O)O)cc1. The van der Waals surface area contributed by atoms with Crippen LogP contribution in [0.2, 0.25) is 0 Å². The number of hydrogen-bond acceptors (Lipinski definition) is 2. The summed E-state index contributed by atoms with van der Waals surface area (Å²) in [4.78, 5) is 10.9. The summed E-state index contributed by atoms with van der Waals surface area (Å²) in [6, 6.07) is 7.53. The number of alkyl halides is 2. The van der Waals surface area contributed by atoms with Crippen molar-refractivity contribution in [2.75, 3.05) is 17.5 Å². The molecule has 1 aromatic carbocycles. The number of benzene rings is 1. The number of anilines is 1. The van der Waals surface area contributed by atoms with Crippen molar-refractivity contribution in [3.05, 3.63) is 29.8 Å². The summed E-state index contributed by atoms with van der Waals surface area (Å²) in [6.07, 6.45) is 2.06. The maximum Gasteiger partial charge on any atom is 0.303 e. The molecule has 1 aromatic rings. The number of carboxylic acids is 1. The predicted molar refractivity (Wildman–Crippen MR) is 80.1 cm³/mol. The third kappa shape index (κ3) is 4.59. The minimum Gasteiger partial charge on any atom is -0.481 e. The summed E-state index contributed by atoms with van der Waals surface area (Å²) >= 11 is 11.8. The van der Waals surface area contributed by atoms with Crippen molar-refractivity contribution in [3.8, 4) is 0 Å². The summed E-state index contributed by atoms with van der Waals surface area (Å²) < 4.78 is 0. The summed E-state index contributed by atoms with van der Waals surface area (Å²) in [6.45, 7) is 0. The van der Waals surface area contributed by atoms with Gasteiger partial charge in [0.25, 0.3) is 0 Å². The maximum atomic E-state index is 10.9. The fourth-order valence-electron chi connectivity index (χ4n) is 2.35. The third-order valence-corrected chi connectivity index (χ3v) is 3.86. The molecule has 0 atom stereocenters. The van der Waals surface area contributed by atoms with E-state index in [9.17, 15) is 4.79 Å². The Hall–Kier alpha value is -0.930. The monoisotopic (exact) mass is 303 g/mol. The molecule has 0 spiro atoms. The highest BCUT2D eigenvalue weighted by Gasteiger charge is 2.31. The Morgan fingerprint density at radius 3 is 2.05 bits per heavy atom. The first-order chi connectivity index (χ1) is 9.04. The maximum absolute atomic E-state index is 10.9. The lowest BCUT2D eigenvalue weighted by molar-refractivity contribution is -0.137. The number of carbonyl (C=O) groups is 1. The molecule has 3 nitrogen and oxygen atoms in total. The number of halogens is 2. The molecule has 0 radical (unpaired) electrons. The second-order valence-corrected chi connectivity index (χ2v) is 5.43. The lowest BCUT2D eigenvalue weighted by Crippen LogP contribution is -2.28. The second-order valence-electron chi connectivity index (χ2n) is 4.67. The Morgan fingerprint density at radius 2 is 1.63 bits per heavy atom. The van der Waals surface area contributed by atoms with E-state index in [-0.39, 0.29) is 11.8 Å². The van der Waals surface area contributed by atoms with Gasteiger partial charge in [-0.05, 0) is 42.4 Å². The number of hydrogen-bond donors (Lipinski definition) is 2. The molecule has 0 heterocycles. The molecule has 0 aromatic heterocycles. The molecule has 0 aliphatic carbocycles. The van der Waals surface area contributed by atoms with Crippen molar-refractivity contribution in [1.29, 1.82) is 0 Å². The summed E-state index contributed by atoms with van der Waals surface area (Å²) in [5.74, 6) is 0.144. The average Bonchev–Trinajstić information content (AvgIpc) is 2.37. The van der Waals surface area contributed by atoms with Crippen LogP contribution < -0.4 is 5.73 Å². The van der Waals surface area contributed by atoms with E-state index in [1.54, 1.807) is 0 Å². The lowest BCUT2D eigenvalue weighted by atomic mass is 9.72. The van der Waals surface area contributed by atoms with E-state index in [2.05, 4.69) is 0 Å². The van der Waals surface area contributed by atoms with Crippen LogP contribution >= 0.6 is 23.2 Å². The van der Waals surface area contributed by atoms with Crippen LogP contribution in [0, 0.1) is 0 Å². The zero-order valence-electron chi connectivity index (χ0n) is 10.7. The summed E-state index contributed by atoms with van der Waals surface area (Å²) in [7, 11) is 0. The molecular weight excluding hydrogens is 285 g/mol. The van der Waals surface area contributed by atoms with E-state index in [4.69, 9.17) is 34.0 Å². The normalized spacial score (nSPS) is 11.5. The van der Waals surface area contributed by atoms with Crippen molar-refractivity contribution < 1.29 is 9.90 Å². The molecule has 3 N–H and O–H groups in total. The first-order valence-corrected chi connectivity index (χ1v) is 7.31. The standard InChI is InChI=1S/C14H19Cl2NO2/c15-9-7-14(8-10-16,6-5-13(18)19)11-1-3-12(17)4-2-11/h1-4H,5-10,17H2,(H,18,19). The molecule has 1 rings (SSSR count). The van der Waals surface area contributed by atoms with Crippen LogP contribution in [0.1, 0.15) is 31.2 Å². The number of carboxylic acid groups (broad SMARTS) is 1. The first-order valence-electron chi connectivity index (χ1n) is 6.24. The van der Waals surface area contributed by atoms with E-state index in [0.717, 1.165) is 5.56 Å². The van der Waals surface area contributed by atoms with Gasteiger partial charge in [-0.25, -0.2) is 0 Å². The van der Waals surface area contributed by atoms with Crippen LogP contribution in [0.3, 0.4) is 0 Å². The van der Waals surface area contributed by atoms with Crippen LogP contribution in [-0.2, 0) is 10.2 Å². The molecule has 0 aliphatic rings. The van der Waals surface area contributed by atoms with Gasteiger partial charge in [0.2, 0.25) is 0 Å². The smallest absolute Gasteiger partial charge is 0.303 e. The molecule has 0 bridgehead atoms. The van der Waals surface area contributed by atoms with Gasteiger partial charge in [0, 0.05) is 23.9 Å². The molecule has 106 valence electrons. The van der Waals surface area contributed by atoms with Crippen molar-refractivity contribution in [2.24, 2.45) is 0 Å². The van der Waals surface area contributed by atoms with Gasteiger partial charge >= 0.3 is 5.97 Å². The van der Waals surface area contributed by atoms with Crippen LogP contribution in [-0.4, -0.2) is 22.8 Å². The quantitative estimate of drug-likeness (QED) is 0.569. The van der Waals surface area contributed by atoms with Gasteiger partial charge < -0.3 is 10.8 Å². The molecule has 0 saturated carbocycles. The Labute approximate surface area is 123 Å². The number of nitrogens with two attached hydrogens (primary N) is 1. The van der Waals surface area contributed by atoms with Gasteiger partial charge in [-0.15, -0.1) is 23.2 Å². The zero-order chi connectivity index (χ0) is 14.3. The van der Waals surface area contributed by atoms with Gasteiger partial charge in [0.05, 0.1) is 0 Å². The molecular formula is C14H19Cl2NO2.